The molecule has 0 radical (unpaired) electrons. The molecule has 0 aliphatic carbocycles. The molecule has 0 amide bonds. The summed E-state index contributed by atoms with van der Waals surface area (Å²) in [6.07, 6.45) is -5.32. The van der Waals surface area contributed by atoms with Crippen LogP contribution in [0.2, 0.25) is 0 Å². The quantitative estimate of drug-likeness (QED) is 0.389. The second-order valence-corrected chi connectivity index (χ2v) is 7.60. The zero-order chi connectivity index (χ0) is 20.8. The van der Waals surface area contributed by atoms with Crippen molar-refractivity contribution in [1.29, 1.82) is 0 Å². The van der Waals surface area contributed by atoms with Gasteiger partial charge in [-0.1, -0.05) is 49.0 Å². The van der Waals surface area contributed by atoms with E-state index < -0.39 is 30.2 Å². The number of carboxylic acids is 1. The Balaban J connectivity index is 2.84. The number of alkyl halides is 3. The highest BCUT2D eigenvalue weighted by molar-refractivity contribution is 7.99. The Morgan fingerprint density at radius 2 is 1.78 bits per heavy atom. The first-order chi connectivity index (χ1) is 12.4. The number of allylic oxidation sites excluding steroid dienone is 2. The Morgan fingerprint density at radius 3 is 2.22 bits per heavy atom. The van der Waals surface area contributed by atoms with E-state index in [0.717, 1.165) is 11.8 Å². The minimum atomic E-state index is -4.88. The third kappa shape index (κ3) is 6.27. The number of benzene rings is 1. The van der Waals surface area contributed by atoms with Gasteiger partial charge in [-0.3, -0.25) is 4.79 Å². The molecular formula is C18H21ClF3NO3S. The number of carboxylic acid groups (broad SMARTS) is 1. The molecule has 0 saturated carbocycles. The summed E-state index contributed by atoms with van der Waals surface area (Å²) in [5.74, 6) is -0.906. The van der Waals surface area contributed by atoms with Gasteiger partial charge >= 0.3 is 12.1 Å². The molecule has 1 aromatic carbocycles. The van der Waals surface area contributed by atoms with Gasteiger partial charge in [0.15, 0.2) is 5.60 Å². The number of hydrogen-bond donors (Lipinski definition) is 3. The highest BCUT2D eigenvalue weighted by atomic mass is 35.5. The fraction of sp³-hybridized carbons (Fsp3) is 0.389. The topological polar surface area (TPSA) is 83.5 Å². The largest absolute Gasteiger partial charge is 0.480 e. The molecule has 1 rings (SSSR count). The minimum absolute atomic E-state index is 0.0186. The van der Waals surface area contributed by atoms with Crippen molar-refractivity contribution in [3.05, 3.63) is 53.6 Å². The standard InChI is InChI=1S/C18H21ClF3NO3S/c1-11(12(2)19)13-3-5-14(6-4-13)17(26,18(20,21)22)8-10-27-9-7-15(23)16(24)25/h3-6,15,26H,1-2,7-10,23H2,(H,24,25). The van der Waals surface area contributed by atoms with Crippen LogP contribution < -0.4 is 5.73 Å². The summed E-state index contributed by atoms with van der Waals surface area (Å²) in [5, 5.41) is 19.2. The van der Waals surface area contributed by atoms with E-state index in [1.807, 2.05) is 0 Å². The van der Waals surface area contributed by atoms with Crippen molar-refractivity contribution in [1.82, 2.24) is 0 Å². The summed E-state index contributed by atoms with van der Waals surface area (Å²) in [4.78, 5) is 10.6. The predicted molar refractivity (Wildman–Crippen MR) is 103 cm³/mol. The van der Waals surface area contributed by atoms with Gasteiger partial charge in [0.25, 0.3) is 0 Å². The number of aliphatic carboxylic acids is 1. The lowest BCUT2D eigenvalue weighted by Gasteiger charge is -2.31. The summed E-state index contributed by atoms with van der Waals surface area (Å²) in [5.41, 5.74) is 2.90. The van der Waals surface area contributed by atoms with Gasteiger partial charge in [0, 0.05) is 5.03 Å². The fourth-order valence-electron chi connectivity index (χ4n) is 2.21. The van der Waals surface area contributed by atoms with E-state index in [4.69, 9.17) is 22.4 Å². The number of halogens is 4. The second-order valence-electron chi connectivity index (χ2n) is 5.91. The SMILES string of the molecule is C=C(Cl)C(=C)c1ccc(C(O)(CCSCCC(N)C(=O)O)C(F)(F)F)cc1. The molecule has 0 aliphatic rings. The van der Waals surface area contributed by atoms with Crippen LogP contribution in [0.15, 0.2) is 42.5 Å². The molecule has 0 aliphatic heterocycles. The minimum Gasteiger partial charge on any atom is -0.480 e. The van der Waals surface area contributed by atoms with Crippen LogP contribution in [0.25, 0.3) is 5.57 Å². The van der Waals surface area contributed by atoms with E-state index in [2.05, 4.69) is 13.2 Å². The Bertz CT molecular complexity index is 694. The van der Waals surface area contributed by atoms with Crippen molar-refractivity contribution in [2.45, 2.75) is 30.7 Å². The first-order valence-corrected chi connectivity index (χ1v) is 9.43. The molecule has 0 heterocycles. The second kappa shape index (κ2) is 9.64. The maximum atomic E-state index is 13.5. The number of rotatable bonds is 10. The molecule has 0 bridgehead atoms. The van der Waals surface area contributed by atoms with Gasteiger partial charge in [-0.15, -0.1) is 0 Å². The lowest BCUT2D eigenvalue weighted by atomic mass is 9.89. The van der Waals surface area contributed by atoms with Gasteiger partial charge in [-0.25, -0.2) is 0 Å². The molecule has 2 atom stereocenters. The van der Waals surface area contributed by atoms with Crippen LogP contribution in [0.5, 0.6) is 0 Å². The van der Waals surface area contributed by atoms with Crippen LogP contribution in [0.1, 0.15) is 24.0 Å². The zero-order valence-electron chi connectivity index (χ0n) is 14.4. The van der Waals surface area contributed by atoms with Gasteiger partial charge in [0.2, 0.25) is 0 Å². The Labute approximate surface area is 164 Å². The zero-order valence-corrected chi connectivity index (χ0v) is 16.0. The molecule has 150 valence electrons. The molecule has 4 N–H and O–H groups in total. The third-order valence-electron chi connectivity index (χ3n) is 4.01. The summed E-state index contributed by atoms with van der Waals surface area (Å²) in [6, 6.07) is 4.08. The maximum absolute atomic E-state index is 13.5. The molecule has 9 heteroatoms. The molecule has 2 unspecified atom stereocenters. The van der Waals surface area contributed by atoms with Crippen LogP contribution >= 0.6 is 23.4 Å². The number of nitrogens with two attached hydrogens (primary N) is 1. The van der Waals surface area contributed by atoms with Gasteiger partial charge in [0.1, 0.15) is 6.04 Å². The monoisotopic (exact) mass is 423 g/mol. The number of carbonyl (C=O) groups is 1. The van der Waals surface area contributed by atoms with Crippen molar-refractivity contribution < 1.29 is 28.2 Å². The van der Waals surface area contributed by atoms with E-state index in [1.165, 1.54) is 24.3 Å². The van der Waals surface area contributed by atoms with Gasteiger partial charge < -0.3 is 15.9 Å². The van der Waals surface area contributed by atoms with Crippen molar-refractivity contribution >= 4 is 34.9 Å². The molecule has 27 heavy (non-hydrogen) atoms. The Kier molecular flexibility index (Phi) is 8.41. The normalized spacial score (nSPS) is 15.0. The highest BCUT2D eigenvalue weighted by Crippen LogP contribution is 2.42. The van der Waals surface area contributed by atoms with Gasteiger partial charge in [-0.05, 0) is 41.0 Å². The summed E-state index contributed by atoms with van der Waals surface area (Å²) in [7, 11) is 0. The van der Waals surface area contributed by atoms with Crippen LogP contribution in [-0.2, 0) is 10.4 Å². The van der Waals surface area contributed by atoms with Crippen molar-refractivity contribution in [3.63, 3.8) is 0 Å². The third-order valence-corrected chi connectivity index (χ3v) is 5.25. The van der Waals surface area contributed by atoms with E-state index in [-0.39, 0.29) is 28.5 Å². The lowest BCUT2D eigenvalue weighted by molar-refractivity contribution is -0.267. The van der Waals surface area contributed by atoms with Gasteiger partial charge in [0.05, 0.1) is 0 Å². The summed E-state index contributed by atoms with van der Waals surface area (Å²) >= 11 is 6.84. The summed E-state index contributed by atoms with van der Waals surface area (Å²) < 4.78 is 40.5. The van der Waals surface area contributed by atoms with E-state index >= 15 is 0 Å². The fourth-order valence-corrected chi connectivity index (χ4v) is 3.38. The maximum Gasteiger partial charge on any atom is 0.421 e. The first kappa shape index (κ1) is 23.6. The van der Waals surface area contributed by atoms with Crippen molar-refractivity contribution in [2.24, 2.45) is 5.73 Å². The Morgan fingerprint density at radius 1 is 1.22 bits per heavy atom. The number of aliphatic hydroxyl groups is 1. The smallest absolute Gasteiger partial charge is 0.421 e. The molecule has 0 spiro atoms. The molecular weight excluding hydrogens is 403 g/mol. The van der Waals surface area contributed by atoms with Crippen molar-refractivity contribution in [2.75, 3.05) is 11.5 Å². The average Bonchev–Trinajstić information content (AvgIpc) is 2.59. The average molecular weight is 424 g/mol. The van der Waals surface area contributed by atoms with E-state index in [0.29, 0.717) is 11.1 Å². The highest BCUT2D eigenvalue weighted by Gasteiger charge is 2.54. The van der Waals surface area contributed by atoms with E-state index in [1.54, 1.807) is 0 Å². The van der Waals surface area contributed by atoms with Crippen LogP contribution in [0.3, 0.4) is 0 Å². The molecule has 0 aromatic heterocycles. The van der Waals surface area contributed by atoms with E-state index in [9.17, 15) is 23.1 Å². The van der Waals surface area contributed by atoms with Crippen LogP contribution in [0, 0.1) is 0 Å². The first-order valence-electron chi connectivity index (χ1n) is 7.90. The Hall–Kier alpha value is -1.48. The molecule has 4 nitrogen and oxygen atoms in total. The van der Waals surface area contributed by atoms with Gasteiger partial charge in [-0.2, -0.15) is 24.9 Å². The molecule has 1 aromatic rings. The van der Waals surface area contributed by atoms with Crippen LogP contribution in [0.4, 0.5) is 13.2 Å². The van der Waals surface area contributed by atoms with Crippen LogP contribution in [-0.4, -0.2) is 39.9 Å². The molecule has 0 fully saturated rings. The lowest BCUT2D eigenvalue weighted by Crippen LogP contribution is -2.42. The number of hydrogen-bond acceptors (Lipinski definition) is 4. The predicted octanol–water partition coefficient (Wildman–Crippen LogP) is 4.13. The summed E-state index contributed by atoms with van der Waals surface area (Å²) in [6.45, 7) is 7.20. The van der Waals surface area contributed by atoms with Crippen molar-refractivity contribution in [3.8, 4) is 0 Å². The number of thioether (sulfide) groups is 1. The molecule has 0 saturated heterocycles.